The number of rotatable bonds is 11. The predicted octanol–water partition coefficient (Wildman–Crippen LogP) is 6.25. The Bertz CT molecular complexity index is 1450. The lowest BCUT2D eigenvalue weighted by atomic mass is 10.1. The van der Waals surface area contributed by atoms with Gasteiger partial charge in [0.15, 0.2) is 11.5 Å². The topological polar surface area (TPSA) is 100.0 Å². The number of carbonyl (C=O) groups excluding carboxylic acids is 3. The molecule has 10 heteroatoms. The first-order valence-electron chi connectivity index (χ1n) is 13.9. The summed E-state index contributed by atoms with van der Waals surface area (Å²) >= 11 is 0.886. The van der Waals surface area contributed by atoms with Gasteiger partial charge in [0.05, 0.1) is 30.4 Å². The first-order chi connectivity index (χ1) is 20.0. The number of imide groups is 1. The third kappa shape index (κ3) is 6.65. The Morgan fingerprint density at radius 2 is 1.88 bits per heavy atom. The van der Waals surface area contributed by atoms with Crippen molar-refractivity contribution in [1.29, 1.82) is 0 Å². The average Bonchev–Trinajstić information content (AvgIpc) is 3.71. The zero-order valence-corrected chi connectivity index (χ0v) is 24.0. The number of esters is 1. The molecule has 0 bridgehead atoms. The molecule has 5 rings (SSSR count). The van der Waals surface area contributed by atoms with E-state index in [9.17, 15) is 14.4 Å². The zero-order chi connectivity index (χ0) is 28.8. The number of carbonyl (C=O) groups is 3. The highest BCUT2D eigenvalue weighted by atomic mass is 32.2. The van der Waals surface area contributed by atoms with Crippen molar-refractivity contribution >= 4 is 35.0 Å². The highest BCUT2D eigenvalue weighted by Crippen LogP contribution is 2.38. The maximum atomic E-state index is 13.2. The van der Waals surface area contributed by atoms with Gasteiger partial charge in [0.25, 0.3) is 11.1 Å². The van der Waals surface area contributed by atoms with E-state index in [1.807, 2.05) is 54.7 Å². The third-order valence-electron chi connectivity index (χ3n) is 7.02. The Morgan fingerprint density at radius 3 is 2.61 bits per heavy atom. The smallest absolute Gasteiger partial charge is 0.305 e. The van der Waals surface area contributed by atoms with Gasteiger partial charge in [-0.1, -0.05) is 18.2 Å². The molecule has 1 aromatic heterocycles. The van der Waals surface area contributed by atoms with Gasteiger partial charge in [0.2, 0.25) is 0 Å². The molecule has 214 valence electrons. The second kappa shape index (κ2) is 13.1. The minimum absolute atomic E-state index is 0.144. The molecule has 2 aromatic carbocycles. The summed E-state index contributed by atoms with van der Waals surface area (Å²) in [5, 5.41) is 4.51. The number of amides is 2. The predicted molar refractivity (Wildman–Crippen MR) is 157 cm³/mol. The number of hydrogen-bond donors (Lipinski definition) is 0. The Kier molecular flexibility index (Phi) is 9.08. The van der Waals surface area contributed by atoms with Crippen LogP contribution >= 0.6 is 11.8 Å². The van der Waals surface area contributed by atoms with Crippen LogP contribution in [-0.2, 0) is 14.3 Å². The van der Waals surface area contributed by atoms with E-state index in [2.05, 4.69) is 0 Å². The first-order valence-corrected chi connectivity index (χ1v) is 14.7. The molecule has 41 heavy (non-hydrogen) atoms. The number of aromatic nitrogens is 2. The number of nitrogens with zero attached hydrogens (tertiary/aromatic N) is 3. The first kappa shape index (κ1) is 28.5. The van der Waals surface area contributed by atoms with E-state index in [4.69, 9.17) is 19.3 Å². The molecular formula is C31H33N3O6S. The fraction of sp³-hybridized carbons (Fsp3) is 0.355. The van der Waals surface area contributed by atoms with E-state index in [0.29, 0.717) is 40.7 Å². The maximum Gasteiger partial charge on any atom is 0.305 e. The molecule has 0 spiro atoms. The van der Waals surface area contributed by atoms with Crippen LogP contribution in [0.2, 0.25) is 0 Å². The standard InChI is InChI=1S/C31H33N3O6S/c1-3-39-28(35)14-9-17-33-30(36)27(41-31(33)37)19-22-20-34(23-10-5-4-6-11-23)32-29(22)21-15-16-25(38-2)26(18-21)40-24-12-7-8-13-24/h4-6,10-11,15-16,18-20,24H,3,7-9,12-14,17H2,1-2H3/b27-19-. The van der Waals surface area contributed by atoms with E-state index >= 15 is 0 Å². The second-order valence-corrected chi connectivity index (χ2v) is 10.8. The zero-order valence-electron chi connectivity index (χ0n) is 23.2. The average molecular weight is 576 g/mol. The van der Waals surface area contributed by atoms with Crippen LogP contribution in [0.4, 0.5) is 4.79 Å². The van der Waals surface area contributed by atoms with Crippen LogP contribution in [0, 0.1) is 0 Å². The number of benzene rings is 2. The molecule has 1 aliphatic carbocycles. The minimum atomic E-state index is -0.387. The lowest BCUT2D eigenvalue weighted by molar-refractivity contribution is -0.143. The molecule has 2 amide bonds. The normalized spacial score (nSPS) is 16.5. The van der Waals surface area contributed by atoms with E-state index < -0.39 is 0 Å². The van der Waals surface area contributed by atoms with Crippen molar-refractivity contribution in [3.63, 3.8) is 0 Å². The Balaban J connectivity index is 1.46. The van der Waals surface area contributed by atoms with Crippen molar-refractivity contribution in [2.45, 2.75) is 51.6 Å². The quantitative estimate of drug-likeness (QED) is 0.195. The van der Waals surface area contributed by atoms with Gasteiger partial charge in [-0.15, -0.1) is 0 Å². The lowest BCUT2D eigenvalue weighted by Crippen LogP contribution is -2.29. The number of thioether (sulfide) groups is 1. The van der Waals surface area contributed by atoms with Crippen molar-refractivity contribution in [3.05, 3.63) is 65.2 Å². The highest BCUT2D eigenvalue weighted by Gasteiger charge is 2.35. The third-order valence-corrected chi connectivity index (χ3v) is 7.93. The van der Waals surface area contributed by atoms with Gasteiger partial charge < -0.3 is 14.2 Å². The SMILES string of the molecule is CCOC(=O)CCCN1C(=O)S/C(=C\c2cn(-c3ccccc3)nc2-c2ccc(OC)c(OC3CCCC3)c2)C1=O. The molecule has 0 radical (unpaired) electrons. The molecular weight excluding hydrogens is 542 g/mol. The minimum Gasteiger partial charge on any atom is -0.493 e. The Hall–Kier alpha value is -4.05. The van der Waals surface area contributed by atoms with Gasteiger partial charge in [-0.25, -0.2) is 4.68 Å². The Morgan fingerprint density at radius 1 is 1.10 bits per heavy atom. The van der Waals surface area contributed by atoms with Crippen molar-refractivity contribution in [2.24, 2.45) is 0 Å². The fourth-order valence-electron chi connectivity index (χ4n) is 4.98. The molecule has 0 N–H and O–H groups in total. The van der Waals surface area contributed by atoms with Crippen molar-refractivity contribution in [1.82, 2.24) is 14.7 Å². The molecule has 3 aromatic rings. The van der Waals surface area contributed by atoms with Crippen LogP contribution in [0.3, 0.4) is 0 Å². The molecule has 0 atom stereocenters. The van der Waals surface area contributed by atoms with Crippen molar-refractivity contribution in [3.8, 4) is 28.4 Å². The van der Waals surface area contributed by atoms with Crippen molar-refractivity contribution < 1.29 is 28.6 Å². The Labute approximate surface area is 243 Å². The summed E-state index contributed by atoms with van der Waals surface area (Å²) in [5.41, 5.74) is 2.98. The molecule has 1 aliphatic heterocycles. The second-order valence-electron chi connectivity index (χ2n) is 9.85. The van der Waals surface area contributed by atoms with E-state index in [1.165, 1.54) is 4.90 Å². The molecule has 2 aliphatic rings. The molecule has 1 saturated heterocycles. The number of ether oxygens (including phenoxy) is 3. The van der Waals surface area contributed by atoms with Gasteiger partial charge in [-0.2, -0.15) is 5.10 Å². The van der Waals surface area contributed by atoms with Crippen LogP contribution in [-0.4, -0.2) is 58.2 Å². The van der Waals surface area contributed by atoms with Gasteiger partial charge in [-0.3, -0.25) is 19.3 Å². The van der Waals surface area contributed by atoms with Crippen LogP contribution in [0.1, 0.15) is 51.0 Å². The summed E-state index contributed by atoms with van der Waals surface area (Å²) in [4.78, 5) is 39.1. The van der Waals surface area contributed by atoms with E-state index in [0.717, 1.165) is 48.7 Å². The summed E-state index contributed by atoms with van der Waals surface area (Å²) in [5.74, 6) is 0.568. The van der Waals surface area contributed by atoms with E-state index in [-0.39, 0.29) is 36.2 Å². The molecule has 2 heterocycles. The maximum absolute atomic E-state index is 13.2. The van der Waals surface area contributed by atoms with Gasteiger partial charge in [0.1, 0.15) is 5.69 Å². The van der Waals surface area contributed by atoms with Crippen LogP contribution in [0.25, 0.3) is 23.0 Å². The summed E-state index contributed by atoms with van der Waals surface area (Å²) < 4.78 is 18.6. The van der Waals surface area contributed by atoms with Crippen LogP contribution in [0.15, 0.2) is 59.6 Å². The summed E-state index contributed by atoms with van der Waals surface area (Å²) in [6.07, 6.45) is 8.51. The summed E-state index contributed by atoms with van der Waals surface area (Å²) in [6.45, 7) is 2.19. The van der Waals surface area contributed by atoms with Gasteiger partial charge >= 0.3 is 5.97 Å². The van der Waals surface area contributed by atoms with Crippen LogP contribution in [0.5, 0.6) is 11.5 Å². The van der Waals surface area contributed by atoms with Crippen LogP contribution < -0.4 is 9.47 Å². The lowest BCUT2D eigenvalue weighted by Gasteiger charge is -2.16. The molecule has 9 nitrogen and oxygen atoms in total. The summed E-state index contributed by atoms with van der Waals surface area (Å²) in [6, 6.07) is 15.4. The largest absolute Gasteiger partial charge is 0.493 e. The summed E-state index contributed by atoms with van der Waals surface area (Å²) in [7, 11) is 1.62. The van der Waals surface area contributed by atoms with Gasteiger partial charge in [-0.05, 0) is 87.2 Å². The number of para-hydroxylation sites is 1. The highest BCUT2D eigenvalue weighted by molar-refractivity contribution is 8.18. The monoisotopic (exact) mass is 575 g/mol. The molecule has 1 saturated carbocycles. The fourth-order valence-corrected chi connectivity index (χ4v) is 5.84. The van der Waals surface area contributed by atoms with Crippen molar-refractivity contribution in [2.75, 3.05) is 20.3 Å². The molecule has 2 fully saturated rings. The van der Waals surface area contributed by atoms with Gasteiger partial charge in [0, 0.05) is 30.3 Å². The van der Waals surface area contributed by atoms with E-state index in [1.54, 1.807) is 24.8 Å². The number of methoxy groups -OCH3 is 1. The molecule has 0 unspecified atom stereocenters. The number of hydrogen-bond acceptors (Lipinski definition) is 8.